The van der Waals surface area contributed by atoms with Crippen LogP contribution in [0.15, 0.2) is 30.3 Å². The Kier molecular flexibility index (Phi) is 8.19. The number of rotatable bonds is 9. The summed E-state index contributed by atoms with van der Waals surface area (Å²) in [6.07, 6.45) is 6.05. The van der Waals surface area contributed by atoms with Crippen LogP contribution in [0.3, 0.4) is 0 Å². The lowest BCUT2D eigenvalue weighted by molar-refractivity contribution is 0.600. The third-order valence-electron chi connectivity index (χ3n) is 2.65. The van der Waals surface area contributed by atoms with Crippen LogP contribution in [0, 0.1) is 0 Å². The highest BCUT2D eigenvalue weighted by molar-refractivity contribution is 6.17. The Labute approximate surface area is 104 Å². The van der Waals surface area contributed by atoms with Crippen LogP contribution in [-0.4, -0.2) is 19.0 Å². The molecule has 0 saturated heterocycles. The van der Waals surface area contributed by atoms with Crippen LogP contribution < -0.4 is 5.32 Å². The molecule has 0 radical (unpaired) electrons. The number of aryl methyl sites for hydroxylation is 1. The average molecular weight is 240 g/mol. The summed E-state index contributed by atoms with van der Waals surface area (Å²) in [5.41, 5.74) is 1.45. The summed E-state index contributed by atoms with van der Waals surface area (Å²) in [6, 6.07) is 10.7. The molecule has 0 amide bonds. The summed E-state index contributed by atoms with van der Waals surface area (Å²) in [5.74, 6) is 0.787. The fraction of sp³-hybridized carbons (Fsp3) is 0.571. The normalized spacial score (nSPS) is 10.6. The van der Waals surface area contributed by atoms with Crippen molar-refractivity contribution in [1.82, 2.24) is 5.32 Å². The molecule has 1 aromatic carbocycles. The van der Waals surface area contributed by atoms with Crippen molar-refractivity contribution in [3.8, 4) is 0 Å². The Morgan fingerprint density at radius 2 is 1.56 bits per heavy atom. The van der Waals surface area contributed by atoms with Gasteiger partial charge in [0.05, 0.1) is 0 Å². The van der Waals surface area contributed by atoms with Crippen molar-refractivity contribution in [2.75, 3.05) is 19.0 Å². The Balaban J connectivity index is 1.89. The summed E-state index contributed by atoms with van der Waals surface area (Å²) >= 11 is 5.60. The van der Waals surface area contributed by atoms with Gasteiger partial charge < -0.3 is 5.32 Å². The summed E-state index contributed by atoms with van der Waals surface area (Å²) < 4.78 is 0. The monoisotopic (exact) mass is 239 g/mol. The van der Waals surface area contributed by atoms with E-state index >= 15 is 0 Å². The standard InChI is InChI=1S/C14H22ClN/c15-11-5-7-13-16-12-6-4-10-14-8-2-1-3-9-14/h1-3,8-9,16H,4-7,10-13H2. The van der Waals surface area contributed by atoms with Crippen molar-refractivity contribution >= 4 is 11.6 Å². The first kappa shape index (κ1) is 13.5. The van der Waals surface area contributed by atoms with E-state index in [1.165, 1.54) is 31.2 Å². The van der Waals surface area contributed by atoms with Gasteiger partial charge in [-0.1, -0.05) is 30.3 Å². The molecule has 0 aromatic heterocycles. The third-order valence-corrected chi connectivity index (χ3v) is 2.92. The van der Waals surface area contributed by atoms with E-state index in [0.717, 1.165) is 25.4 Å². The molecule has 1 rings (SSSR count). The van der Waals surface area contributed by atoms with Gasteiger partial charge in [0.25, 0.3) is 0 Å². The number of unbranched alkanes of at least 4 members (excludes halogenated alkanes) is 2. The third kappa shape index (κ3) is 6.86. The van der Waals surface area contributed by atoms with Crippen molar-refractivity contribution in [1.29, 1.82) is 0 Å². The molecule has 0 bridgehead atoms. The van der Waals surface area contributed by atoms with Gasteiger partial charge in [-0.15, -0.1) is 11.6 Å². The molecule has 1 nitrogen and oxygen atoms in total. The van der Waals surface area contributed by atoms with Crippen molar-refractivity contribution in [2.45, 2.75) is 32.1 Å². The van der Waals surface area contributed by atoms with Crippen LogP contribution in [0.4, 0.5) is 0 Å². The molecule has 90 valence electrons. The van der Waals surface area contributed by atoms with Crippen LogP contribution in [0.1, 0.15) is 31.2 Å². The van der Waals surface area contributed by atoms with Gasteiger partial charge in [-0.05, 0) is 50.8 Å². The molecule has 0 unspecified atom stereocenters. The maximum absolute atomic E-state index is 5.60. The van der Waals surface area contributed by atoms with Crippen molar-refractivity contribution in [3.05, 3.63) is 35.9 Å². The van der Waals surface area contributed by atoms with E-state index in [-0.39, 0.29) is 0 Å². The van der Waals surface area contributed by atoms with Gasteiger partial charge in [-0.2, -0.15) is 0 Å². The fourth-order valence-corrected chi connectivity index (χ4v) is 1.88. The van der Waals surface area contributed by atoms with E-state index in [1.807, 2.05) is 0 Å². The first-order chi connectivity index (χ1) is 7.93. The van der Waals surface area contributed by atoms with Gasteiger partial charge in [-0.3, -0.25) is 0 Å². The molecule has 0 heterocycles. The van der Waals surface area contributed by atoms with Crippen molar-refractivity contribution in [3.63, 3.8) is 0 Å². The molecule has 0 aliphatic rings. The topological polar surface area (TPSA) is 12.0 Å². The van der Waals surface area contributed by atoms with Crippen molar-refractivity contribution < 1.29 is 0 Å². The SMILES string of the molecule is ClCCCCNCCCCc1ccccc1. The van der Waals surface area contributed by atoms with E-state index in [0.29, 0.717) is 0 Å². The Morgan fingerprint density at radius 1 is 0.875 bits per heavy atom. The molecule has 0 saturated carbocycles. The van der Waals surface area contributed by atoms with Gasteiger partial charge >= 0.3 is 0 Å². The number of halogens is 1. The average Bonchev–Trinajstić information content (AvgIpc) is 2.34. The quantitative estimate of drug-likeness (QED) is 0.513. The fourth-order valence-electron chi connectivity index (χ4n) is 1.69. The largest absolute Gasteiger partial charge is 0.317 e. The van der Waals surface area contributed by atoms with Crippen LogP contribution in [0.2, 0.25) is 0 Å². The highest BCUT2D eigenvalue weighted by atomic mass is 35.5. The lowest BCUT2D eigenvalue weighted by atomic mass is 10.1. The zero-order valence-electron chi connectivity index (χ0n) is 9.92. The zero-order valence-corrected chi connectivity index (χ0v) is 10.7. The number of hydrogen-bond donors (Lipinski definition) is 1. The Hall–Kier alpha value is -0.530. The van der Waals surface area contributed by atoms with Gasteiger partial charge in [0, 0.05) is 5.88 Å². The van der Waals surface area contributed by atoms with Crippen LogP contribution >= 0.6 is 11.6 Å². The van der Waals surface area contributed by atoms with E-state index < -0.39 is 0 Å². The first-order valence-electron chi connectivity index (χ1n) is 6.24. The number of nitrogens with one attached hydrogen (secondary N) is 1. The minimum Gasteiger partial charge on any atom is -0.317 e. The van der Waals surface area contributed by atoms with Crippen molar-refractivity contribution in [2.24, 2.45) is 0 Å². The number of alkyl halides is 1. The van der Waals surface area contributed by atoms with Crippen LogP contribution in [0.25, 0.3) is 0 Å². The molecule has 0 aliphatic carbocycles. The molecule has 0 aliphatic heterocycles. The molecule has 0 spiro atoms. The van der Waals surface area contributed by atoms with Gasteiger partial charge in [0.15, 0.2) is 0 Å². The summed E-state index contributed by atoms with van der Waals surface area (Å²) in [7, 11) is 0. The van der Waals surface area contributed by atoms with E-state index in [9.17, 15) is 0 Å². The van der Waals surface area contributed by atoms with E-state index in [1.54, 1.807) is 0 Å². The lowest BCUT2D eigenvalue weighted by Gasteiger charge is -2.04. The molecular weight excluding hydrogens is 218 g/mol. The molecule has 16 heavy (non-hydrogen) atoms. The smallest absolute Gasteiger partial charge is 0.0223 e. The highest BCUT2D eigenvalue weighted by Gasteiger charge is 1.92. The maximum Gasteiger partial charge on any atom is 0.0223 e. The van der Waals surface area contributed by atoms with Gasteiger partial charge in [-0.25, -0.2) is 0 Å². The maximum atomic E-state index is 5.60. The number of benzene rings is 1. The zero-order chi connectivity index (χ0) is 11.5. The summed E-state index contributed by atoms with van der Waals surface area (Å²) in [5, 5.41) is 3.45. The minimum absolute atomic E-state index is 0.787. The second kappa shape index (κ2) is 9.68. The number of hydrogen-bond acceptors (Lipinski definition) is 1. The Morgan fingerprint density at radius 3 is 2.25 bits per heavy atom. The first-order valence-corrected chi connectivity index (χ1v) is 6.77. The van der Waals surface area contributed by atoms with Crippen LogP contribution in [0.5, 0.6) is 0 Å². The molecule has 0 atom stereocenters. The van der Waals surface area contributed by atoms with E-state index in [2.05, 4.69) is 35.6 Å². The minimum atomic E-state index is 0.787. The summed E-state index contributed by atoms with van der Waals surface area (Å²) in [4.78, 5) is 0. The van der Waals surface area contributed by atoms with E-state index in [4.69, 9.17) is 11.6 Å². The summed E-state index contributed by atoms with van der Waals surface area (Å²) in [6.45, 7) is 2.24. The van der Waals surface area contributed by atoms with Gasteiger partial charge in [0.2, 0.25) is 0 Å². The molecule has 1 aromatic rings. The van der Waals surface area contributed by atoms with Crippen LogP contribution in [-0.2, 0) is 6.42 Å². The highest BCUT2D eigenvalue weighted by Crippen LogP contribution is 2.03. The Bertz CT molecular complexity index is 248. The predicted molar refractivity (Wildman–Crippen MR) is 72.2 cm³/mol. The molecule has 1 N–H and O–H groups in total. The molecule has 2 heteroatoms. The molecular formula is C14H22ClN. The lowest BCUT2D eigenvalue weighted by Crippen LogP contribution is -2.16. The predicted octanol–water partition coefficient (Wildman–Crippen LogP) is 3.62. The second-order valence-corrected chi connectivity index (χ2v) is 4.47. The van der Waals surface area contributed by atoms with Gasteiger partial charge in [0.1, 0.15) is 0 Å². The molecule has 0 fully saturated rings. The second-order valence-electron chi connectivity index (χ2n) is 4.09.